The summed E-state index contributed by atoms with van der Waals surface area (Å²) in [6.45, 7) is 7.37. The zero-order valence-corrected chi connectivity index (χ0v) is 35.8. The lowest BCUT2D eigenvalue weighted by atomic mass is 10.0. The number of allylic oxidation sites excluding steroid dienone is 1. The van der Waals surface area contributed by atoms with Crippen molar-refractivity contribution in [1.29, 1.82) is 0 Å². The van der Waals surface area contributed by atoms with Gasteiger partial charge >= 0.3 is 17.9 Å². The predicted octanol–water partition coefficient (Wildman–Crippen LogP) is 6.06. The molecule has 0 aromatic carbocycles. The van der Waals surface area contributed by atoms with Crippen LogP contribution in [0.15, 0.2) is 12.2 Å². The van der Waals surface area contributed by atoms with Crippen LogP contribution in [0, 0.1) is 0 Å². The van der Waals surface area contributed by atoms with Gasteiger partial charge in [-0.3, -0.25) is 19.2 Å². The van der Waals surface area contributed by atoms with Crippen molar-refractivity contribution >= 4 is 29.7 Å². The summed E-state index contributed by atoms with van der Waals surface area (Å²) in [4.78, 5) is 64.3. The number of ether oxygens (including phenoxy) is 2. The van der Waals surface area contributed by atoms with E-state index in [2.05, 4.69) is 23.6 Å². The molecule has 0 bridgehead atoms. The Labute approximate surface area is 333 Å². The Bertz CT molecular complexity index is 1100. The first-order chi connectivity index (χ1) is 26.1. The largest absolute Gasteiger partial charge is 0.460 e. The first-order valence-corrected chi connectivity index (χ1v) is 21.1. The van der Waals surface area contributed by atoms with Crippen molar-refractivity contribution in [1.82, 2.24) is 10.6 Å². The maximum Gasteiger partial charge on any atom is 0.366 e. The van der Waals surface area contributed by atoms with Crippen LogP contribution < -0.4 is 10.6 Å². The summed E-state index contributed by atoms with van der Waals surface area (Å²) in [6.07, 6.45) is 22.2. The molecule has 0 saturated heterocycles. The lowest BCUT2D eigenvalue weighted by Crippen LogP contribution is -2.49. The minimum Gasteiger partial charge on any atom is -0.460 e. The molecule has 0 radical (unpaired) electrons. The standard InChI is InChI=1S/C42H78N4O9/c1-8-9-22-28-39(54-42(52)35-46(6,7)55-37(3)48)38(49)27-23-18-14-10-11-15-19-24-29-40(50)43-30-25-20-16-12-13-17-21-26-31-44-41(51)34-45(4,5)32-33-53-36(2)47/h18,23,38-39,49H,8-17,19-22,24-35H2,1-7H3/p+2/b23-18-. The fourth-order valence-corrected chi connectivity index (χ4v) is 6.22. The van der Waals surface area contributed by atoms with Crippen molar-refractivity contribution in [2.75, 3.05) is 67.5 Å². The van der Waals surface area contributed by atoms with E-state index in [0.717, 1.165) is 90.0 Å². The molecular weight excluding hydrogens is 704 g/mol. The lowest BCUT2D eigenvalue weighted by Gasteiger charge is -2.28. The quantitative estimate of drug-likeness (QED) is 0.0229. The molecule has 0 spiro atoms. The van der Waals surface area contributed by atoms with Crippen LogP contribution in [-0.2, 0) is 38.3 Å². The number of aliphatic hydroxyl groups excluding tert-OH is 1. The highest BCUT2D eigenvalue weighted by atomic mass is 16.7. The van der Waals surface area contributed by atoms with Gasteiger partial charge in [-0.15, -0.1) is 4.65 Å². The second kappa shape index (κ2) is 32.1. The number of carbonyl (C=O) groups excluding carboxylic acids is 5. The van der Waals surface area contributed by atoms with Crippen molar-refractivity contribution in [2.45, 2.75) is 161 Å². The normalized spacial score (nSPS) is 12.9. The molecule has 0 aromatic rings. The van der Waals surface area contributed by atoms with E-state index in [4.69, 9.17) is 14.3 Å². The SMILES string of the molecule is CCCCCC(OC(=O)C[N+](C)(C)OC(C)=O)C(O)C/C=C\CCCCCCCC(=O)NCCCCCCCCCCNC(=O)C[N+](C)(C)CCOC(C)=O. The van der Waals surface area contributed by atoms with Gasteiger partial charge in [0.15, 0.2) is 6.54 Å². The number of unbranched alkanes of at least 4 members (excludes halogenated alkanes) is 14. The van der Waals surface area contributed by atoms with Crippen LogP contribution in [0.2, 0.25) is 0 Å². The fourth-order valence-electron chi connectivity index (χ4n) is 6.22. The van der Waals surface area contributed by atoms with E-state index in [1.165, 1.54) is 39.5 Å². The first kappa shape index (κ1) is 52.0. The summed E-state index contributed by atoms with van der Waals surface area (Å²) < 4.78 is 10.8. The maximum absolute atomic E-state index is 12.5. The number of rotatable bonds is 35. The van der Waals surface area contributed by atoms with E-state index in [9.17, 15) is 29.1 Å². The Morgan fingerprint density at radius 2 is 1.24 bits per heavy atom. The summed E-state index contributed by atoms with van der Waals surface area (Å²) in [5.74, 6) is -1.12. The van der Waals surface area contributed by atoms with Crippen LogP contribution in [0.5, 0.6) is 0 Å². The van der Waals surface area contributed by atoms with Gasteiger partial charge in [0.1, 0.15) is 33.4 Å². The van der Waals surface area contributed by atoms with Crippen LogP contribution in [0.25, 0.3) is 0 Å². The van der Waals surface area contributed by atoms with E-state index in [-0.39, 0.29) is 29.0 Å². The number of amides is 2. The molecule has 0 saturated carbocycles. The summed E-state index contributed by atoms with van der Waals surface area (Å²) >= 11 is 0. The molecule has 320 valence electrons. The average molecular weight is 785 g/mol. The van der Waals surface area contributed by atoms with Gasteiger partial charge in [0.25, 0.3) is 5.91 Å². The summed E-state index contributed by atoms with van der Waals surface area (Å²) in [7, 11) is 7.13. The summed E-state index contributed by atoms with van der Waals surface area (Å²) in [6, 6.07) is 0. The van der Waals surface area contributed by atoms with Gasteiger partial charge in [0, 0.05) is 33.4 Å². The molecule has 0 heterocycles. The molecule has 2 atom stereocenters. The zero-order valence-electron chi connectivity index (χ0n) is 35.8. The second-order valence-corrected chi connectivity index (χ2v) is 16.1. The number of likely N-dealkylation sites (N-methyl/N-ethyl adjacent to an activating group) is 2. The highest BCUT2D eigenvalue weighted by Gasteiger charge is 2.29. The summed E-state index contributed by atoms with van der Waals surface area (Å²) in [5.41, 5.74) is 0. The van der Waals surface area contributed by atoms with E-state index < -0.39 is 24.1 Å². The molecule has 0 aliphatic rings. The Kier molecular flexibility index (Phi) is 30.3. The topological polar surface area (TPSA) is 157 Å². The predicted molar refractivity (Wildman–Crippen MR) is 216 cm³/mol. The second-order valence-electron chi connectivity index (χ2n) is 16.1. The third kappa shape index (κ3) is 34.0. The third-order valence-corrected chi connectivity index (χ3v) is 9.33. The van der Waals surface area contributed by atoms with Gasteiger partial charge in [0.2, 0.25) is 12.5 Å². The van der Waals surface area contributed by atoms with Gasteiger partial charge < -0.3 is 29.7 Å². The Morgan fingerprint density at radius 3 is 1.82 bits per heavy atom. The number of nitrogens with zero attached hydrogens (tertiary/aromatic N) is 2. The molecule has 0 fully saturated rings. The van der Waals surface area contributed by atoms with Gasteiger partial charge in [-0.25, -0.2) is 9.59 Å². The van der Waals surface area contributed by atoms with Crippen LogP contribution in [0.3, 0.4) is 0 Å². The van der Waals surface area contributed by atoms with Gasteiger partial charge in [-0.05, 0) is 51.4 Å². The highest BCUT2D eigenvalue weighted by molar-refractivity contribution is 5.77. The molecule has 0 aliphatic carbocycles. The molecule has 2 unspecified atom stereocenters. The first-order valence-electron chi connectivity index (χ1n) is 21.1. The number of hydrogen-bond acceptors (Lipinski definition) is 9. The van der Waals surface area contributed by atoms with E-state index in [0.29, 0.717) is 50.0 Å². The number of carbonyl (C=O) groups is 5. The molecule has 0 rings (SSSR count). The molecular formula is C42H80N4O9+2. The van der Waals surface area contributed by atoms with Gasteiger partial charge in [0.05, 0.1) is 20.2 Å². The van der Waals surface area contributed by atoms with Crippen molar-refractivity contribution < 1.29 is 52.5 Å². The van der Waals surface area contributed by atoms with E-state index >= 15 is 0 Å². The number of quaternary nitrogens is 2. The molecule has 3 N–H and O–H groups in total. The van der Waals surface area contributed by atoms with Crippen LogP contribution in [0.4, 0.5) is 0 Å². The number of nitrogens with one attached hydrogen (secondary N) is 2. The number of aliphatic hydroxyl groups is 1. The van der Waals surface area contributed by atoms with Crippen molar-refractivity contribution in [3.05, 3.63) is 12.2 Å². The Hall–Kier alpha value is -3.03. The zero-order chi connectivity index (χ0) is 41.4. The third-order valence-electron chi connectivity index (χ3n) is 9.33. The smallest absolute Gasteiger partial charge is 0.366 e. The average Bonchev–Trinajstić information content (AvgIpc) is 3.07. The number of hydrogen-bond donors (Lipinski definition) is 3. The number of esters is 2. The molecule has 0 aliphatic heterocycles. The fraction of sp³-hybridized carbons (Fsp3) is 0.833. The lowest BCUT2D eigenvalue weighted by molar-refractivity contribution is -1.05. The van der Waals surface area contributed by atoms with Gasteiger partial charge in [-0.1, -0.05) is 89.7 Å². The van der Waals surface area contributed by atoms with Crippen LogP contribution >= 0.6 is 0 Å². The van der Waals surface area contributed by atoms with Crippen molar-refractivity contribution in [2.24, 2.45) is 0 Å². The molecule has 2 amide bonds. The minimum atomic E-state index is -0.792. The molecule has 13 heteroatoms. The number of hydroxylamine groups is 3. The van der Waals surface area contributed by atoms with Crippen LogP contribution in [0.1, 0.15) is 149 Å². The molecule has 13 nitrogen and oxygen atoms in total. The van der Waals surface area contributed by atoms with Crippen molar-refractivity contribution in [3.63, 3.8) is 0 Å². The Balaban J connectivity index is 3.84. The highest BCUT2D eigenvalue weighted by Crippen LogP contribution is 2.16. The maximum atomic E-state index is 12.5. The molecule has 0 aromatic heterocycles. The van der Waals surface area contributed by atoms with Crippen molar-refractivity contribution in [3.8, 4) is 0 Å². The van der Waals surface area contributed by atoms with Crippen LogP contribution in [-0.4, -0.2) is 124 Å². The Morgan fingerprint density at radius 1 is 0.673 bits per heavy atom. The summed E-state index contributed by atoms with van der Waals surface area (Å²) in [5, 5.41) is 16.8. The monoisotopic (exact) mass is 785 g/mol. The van der Waals surface area contributed by atoms with E-state index in [1.807, 2.05) is 20.2 Å². The minimum absolute atomic E-state index is 0.0265. The van der Waals surface area contributed by atoms with E-state index in [1.54, 1.807) is 14.1 Å². The molecule has 55 heavy (non-hydrogen) atoms. The van der Waals surface area contributed by atoms with Gasteiger partial charge in [-0.2, -0.15) is 0 Å².